The lowest BCUT2D eigenvalue weighted by atomic mass is 9.87. The second-order valence-electron chi connectivity index (χ2n) is 5.86. The molecule has 0 aliphatic rings. The molecule has 0 spiro atoms. The summed E-state index contributed by atoms with van der Waals surface area (Å²) >= 11 is 0. The summed E-state index contributed by atoms with van der Waals surface area (Å²) in [5.41, 5.74) is 16.2. The normalized spacial score (nSPS) is 12.6. The lowest BCUT2D eigenvalue weighted by Gasteiger charge is -2.25. The van der Waals surface area contributed by atoms with Gasteiger partial charge in [-0.3, -0.25) is 14.4 Å². The molecule has 0 bridgehead atoms. The number of primary amides is 2. The van der Waals surface area contributed by atoms with Gasteiger partial charge in [0.25, 0.3) is 0 Å². The molecule has 0 heterocycles. The van der Waals surface area contributed by atoms with E-state index in [0.717, 1.165) is 0 Å². The van der Waals surface area contributed by atoms with Crippen LogP contribution >= 0.6 is 0 Å². The predicted molar refractivity (Wildman–Crippen MR) is 79.5 cm³/mol. The van der Waals surface area contributed by atoms with E-state index in [1.807, 2.05) is 20.8 Å². The molecule has 0 unspecified atom stereocenters. The molecule has 0 saturated heterocycles. The summed E-state index contributed by atoms with van der Waals surface area (Å²) < 4.78 is 0. The molecule has 3 amide bonds. The Kier molecular flexibility index (Phi) is 4.69. The van der Waals surface area contributed by atoms with Crippen LogP contribution in [0.15, 0.2) is 18.2 Å². The van der Waals surface area contributed by atoms with Crippen molar-refractivity contribution in [2.45, 2.75) is 26.8 Å². The minimum absolute atomic E-state index is 0.0749. The van der Waals surface area contributed by atoms with E-state index in [1.165, 1.54) is 18.2 Å². The van der Waals surface area contributed by atoms with Gasteiger partial charge in [0, 0.05) is 16.8 Å². The summed E-state index contributed by atoms with van der Waals surface area (Å²) in [6.45, 7) is 5.48. The average molecular weight is 292 g/mol. The molecule has 7 nitrogen and oxygen atoms in total. The molecule has 1 aromatic rings. The van der Waals surface area contributed by atoms with Gasteiger partial charge in [-0.15, -0.1) is 0 Å². The van der Waals surface area contributed by atoms with E-state index in [9.17, 15) is 14.4 Å². The largest absolute Gasteiger partial charge is 0.366 e. The molecule has 0 saturated carbocycles. The number of nitrogens with one attached hydrogen (secondary N) is 1. The fourth-order valence-corrected chi connectivity index (χ4v) is 1.60. The summed E-state index contributed by atoms with van der Waals surface area (Å²) in [5, 5.41) is 2.56. The zero-order valence-corrected chi connectivity index (χ0v) is 12.3. The van der Waals surface area contributed by atoms with Gasteiger partial charge in [0.2, 0.25) is 17.7 Å². The highest BCUT2D eigenvalue weighted by Crippen LogP contribution is 2.20. The minimum Gasteiger partial charge on any atom is -0.366 e. The van der Waals surface area contributed by atoms with E-state index in [2.05, 4.69) is 5.32 Å². The van der Waals surface area contributed by atoms with Crippen LogP contribution in [0.25, 0.3) is 0 Å². The fourth-order valence-electron chi connectivity index (χ4n) is 1.60. The van der Waals surface area contributed by atoms with Gasteiger partial charge in [0.15, 0.2) is 0 Å². The van der Waals surface area contributed by atoms with E-state index >= 15 is 0 Å². The van der Waals surface area contributed by atoms with Gasteiger partial charge >= 0.3 is 0 Å². The monoisotopic (exact) mass is 292 g/mol. The van der Waals surface area contributed by atoms with Gasteiger partial charge in [-0.1, -0.05) is 20.8 Å². The highest BCUT2D eigenvalue weighted by atomic mass is 16.2. The Labute approximate surface area is 122 Å². The summed E-state index contributed by atoms with van der Waals surface area (Å²) in [4.78, 5) is 34.5. The van der Waals surface area contributed by atoms with Crippen molar-refractivity contribution >= 4 is 23.4 Å². The third kappa shape index (κ3) is 4.28. The Balaban J connectivity index is 3.11. The van der Waals surface area contributed by atoms with Gasteiger partial charge in [-0.05, 0) is 23.6 Å². The number of rotatable bonds is 4. The second kappa shape index (κ2) is 5.92. The van der Waals surface area contributed by atoms with Crippen LogP contribution in [-0.4, -0.2) is 23.8 Å². The van der Waals surface area contributed by atoms with Crippen LogP contribution in [0, 0.1) is 5.41 Å². The highest BCUT2D eigenvalue weighted by Gasteiger charge is 2.27. The molecule has 21 heavy (non-hydrogen) atoms. The minimum atomic E-state index is -0.758. The van der Waals surface area contributed by atoms with Gasteiger partial charge in [0.1, 0.15) is 0 Å². The molecule has 0 radical (unpaired) electrons. The number of anilines is 1. The molecular weight excluding hydrogens is 272 g/mol. The van der Waals surface area contributed by atoms with Crippen LogP contribution < -0.4 is 22.5 Å². The Morgan fingerprint density at radius 3 is 1.76 bits per heavy atom. The van der Waals surface area contributed by atoms with E-state index in [1.54, 1.807) is 0 Å². The number of hydrogen-bond acceptors (Lipinski definition) is 4. The molecule has 0 fully saturated rings. The molecular formula is C14H20N4O3. The summed E-state index contributed by atoms with van der Waals surface area (Å²) in [6.07, 6.45) is 0. The van der Waals surface area contributed by atoms with Gasteiger partial charge < -0.3 is 22.5 Å². The Hall–Kier alpha value is -2.41. The molecule has 0 aliphatic carbocycles. The maximum Gasteiger partial charge on any atom is 0.248 e. The number of hydrogen-bond donors (Lipinski definition) is 4. The molecule has 0 aliphatic heterocycles. The number of carbonyl (C=O) groups is 3. The number of amides is 3. The average Bonchev–Trinajstić information content (AvgIpc) is 2.36. The lowest BCUT2D eigenvalue weighted by Crippen LogP contribution is -2.45. The first kappa shape index (κ1) is 16.6. The van der Waals surface area contributed by atoms with E-state index in [4.69, 9.17) is 17.2 Å². The van der Waals surface area contributed by atoms with E-state index < -0.39 is 29.2 Å². The number of benzene rings is 1. The topological polar surface area (TPSA) is 141 Å². The van der Waals surface area contributed by atoms with Crippen molar-refractivity contribution in [1.82, 2.24) is 0 Å². The summed E-state index contributed by atoms with van der Waals surface area (Å²) in [5.74, 6) is -1.89. The van der Waals surface area contributed by atoms with Crippen molar-refractivity contribution < 1.29 is 14.4 Å². The fraction of sp³-hybridized carbons (Fsp3) is 0.357. The van der Waals surface area contributed by atoms with Crippen molar-refractivity contribution in [2.75, 3.05) is 5.32 Å². The first-order valence-corrected chi connectivity index (χ1v) is 6.33. The highest BCUT2D eigenvalue weighted by molar-refractivity contribution is 6.02. The van der Waals surface area contributed by atoms with Crippen LogP contribution in [0.1, 0.15) is 41.5 Å². The standard InChI is InChI=1S/C14H20N4O3/c1-14(2,3)10(15)13(21)18-9-5-7(11(16)19)4-8(6-9)12(17)20/h4-6,10H,15H2,1-3H3,(H2,16,19)(H2,17,20)(H,18,21)/t10-/m0/s1. The molecule has 1 rings (SSSR count). The van der Waals surface area contributed by atoms with E-state index in [-0.39, 0.29) is 16.8 Å². The van der Waals surface area contributed by atoms with Crippen molar-refractivity contribution in [1.29, 1.82) is 0 Å². The van der Waals surface area contributed by atoms with Crippen LogP contribution in [-0.2, 0) is 4.79 Å². The van der Waals surface area contributed by atoms with Crippen LogP contribution in [0.3, 0.4) is 0 Å². The SMILES string of the molecule is CC(C)(C)[C@@H](N)C(=O)Nc1cc(C(N)=O)cc(C(N)=O)c1. The van der Waals surface area contributed by atoms with Crippen molar-refractivity contribution in [2.24, 2.45) is 22.6 Å². The van der Waals surface area contributed by atoms with Crippen molar-refractivity contribution in [3.63, 3.8) is 0 Å². The van der Waals surface area contributed by atoms with Crippen LogP contribution in [0.5, 0.6) is 0 Å². The summed E-state index contributed by atoms with van der Waals surface area (Å²) in [7, 11) is 0. The van der Waals surface area contributed by atoms with Gasteiger partial charge in [0.05, 0.1) is 6.04 Å². The van der Waals surface area contributed by atoms with Gasteiger partial charge in [-0.2, -0.15) is 0 Å². The smallest absolute Gasteiger partial charge is 0.248 e. The molecule has 0 aromatic heterocycles. The van der Waals surface area contributed by atoms with Crippen molar-refractivity contribution in [3.8, 4) is 0 Å². The third-order valence-electron chi connectivity index (χ3n) is 2.99. The molecule has 114 valence electrons. The zero-order chi connectivity index (χ0) is 16.4. The van der Waals surface area contributed by atoms with Gasteiger partial charge in [-0.25, -0.2) is 0 Å². The molecule has 7 heteroatoms. The second-order valence-corrected chi connectivity index (χ2v) is 5.86. The number of nitrogens with two attached hydrogens (primary N) is 3. The van der Waals surface area contributed by atoms with Crippen LogP contribution in [0.2, 0.25) is 0 Å². The third-order valence-corrected chi connectivity index (χ3v) is 2.99. The first-order valence-electron chi connectivity index (χ1n) is 6.33. The maximum absolute atomic E-state index is 12.1. The Bertz CT molecular complexity index is 558. The van der Waals surface area contributed by atoms with Crippen molar-refractivity contribution in [3.05, 3.63) is 29.3 Å². The molecule has 1 aromatic carbocycles. The quantitative estimate of drug-likeness (QED) is 0.628. The van der Waals surface area contributed by atoms with E-state index in [0.29, 0.717) is 0 Å². The Morgan fingerprint density at radius 2 is 1.43 bits per heavy atom. The Morgan fingerprint density at radius 1 is 1.00 bits per heavy atom. The molecule has 7 N–H and O–H groups in total. The summed E-state index contributed by atoms with van der Waals surface area (Å²) in [6, 6.07) is 3.24. The first-order chi connectivity index (χ1) is 9.52. The van der Waals surface area contributed by atoms with Crippen LogP contribution in [0.4, 0.5) is 5.69 Å². The number of carbonyl (C=O) groups excluding carboxylic acids is 3. The zero-order valence-electron chi connectivity index (χ0n) is 12.3. The lowest BCUT2D eigenvalue weighted by molar-refractivity contribution is -0.119. The maximum atomic E-state index is 12.1. The predicted octanol–water partition coefficient (Wildman–Crippen LogP) is 0.196. The molecule has 1 atom stereocenters.